The predicted molar refractivity (Wildman–Crippen MR) is 75.6 cm³/mol. The van der Waals surface area contributed by atoms with E-state index in [0.29, 0.717) is 16.3 Å². The maximum atomic E-state index is 13.2. The van der Waals surface area contributed by atoms with Crippen molar-refractivity contribution in [2.45, 2.75) is 11.3 Å². The van der Waals surface area contributed by atoms with Gasteiger partial charge in [-0.05, 0) is 31.2 Å². The fourth-order valence-corrected chi connectivity index (χ4v) is 2.89. The molecule has 1 saturated heterocycles. The van der Waals surface area contributed by atoms with E-state index in [9.17, 15) is 9.18 Å². The smallest absolute Gasteiger partial charge is 0.232 e. The lowest BCUT2D eigenvalue weighted by Gasteiger charge is -2.19. The average molecular weight is 283 g/mol. The van der Waals surface area contributed by atoms with Gasteiger partial charge >= 0.3 is 0 Å². The SMILES string of the molecule is Nc1cc(F)cc(SCC(=O)N2CCCNCC2)c1. The van der Waals surface area contributed by atoms with Crippen LogP contribution in [0.25, 0.3) is 0 Å². The highest BCUT2D eigenvalue weighted by atomic mass is 32.2. The molecule has 1 aromatic carbocycles. The minimum absolute atomic E-state index is 0.0940. The fourth-order valence-electron chi connectivity index (χ4n) is 2.00. The third kappa shape index (κ3) is 4.40. The van der Waals surface area contributed by atoms with Crippen molar-refractivity contribution < 1.29 is 9.18 Å². The van der Waals surface area contributed by atoms with Crippen LogP contribution in [-0.4, -0.2) is 42.7 Å². The van der Waals surface area contributed by atoms with Crippen LogP contribution in [0.3, 0.4) is 0 Å². The van der Waals surface area contributed by atoms with Crippen molar-refractivity contribution in [3.05, 3.63) is 24.0 Å². The Balaban J connectivity index is 1.88. The summed E-state index contributed by atoms with van der Waals surface area (Å²) in [5.41, 5.74) is 5.96. The zero-order valence-electron chi connectivity index (χ0n) is 10.7. The topological polar surface area (TPSA) is 58.4 Å². The van der Waals surface area contributed by atoms with E-state index in [-0.39, 0.29) is 11.7 Å². The van der Waals surface area contributed by atoms with Gasteiger partial charge in [0.2, 0.25) is 5.91 Å². The second-order valence-corrected chi connectivity index (χ2v) is 5.54. The predicted octanol–water partition coefficient (Wildman–Crippen LogP) is 1.32. The number of hydrogen-bond donors (Lipinski definition) is 2. The summed E-state index contributed by atoms with van der Waals surface area (Å²) in [6.45, 7) is 3.32. The molecule has 1 fully saturated rings. The van der Waals surface area contributed by atoms with Gasteiger partial charge < -0.3 is 16.0 Å². The molecule has 4 nitrogen and oxygen atoms in total. The number of rotatable bonds is 3. The van der Waals surface area contributed by atoms with Gasteiger partial charge in [-0.1, -0.05) is 0 Å². The lowest BCUT2D eigenvalue weighted by molar-refractivity contribution is -0.128. The Morgan fingerprint density at radius 2 is 2.21 bits per heavy atom. The van der Waals surface area contributed by atoms with Gasteiger partial charge in [0.15, 0.2) is 0 Å². The molecule has 0 unspecified atom stereocenters. The Morgan fingerprint density at radius 3 is 3.00 bits per heavy atom. The zero-order valence-corrected chi connectivity index (χ0v) is 11.5. The van der Waals surface area contributed by atoms with E-state index in [1.807, 2.05) is 4.90 Å². The lowest BCUT2D eigenvalue weighted by atomic mass is 10.3. The summed E-state index contributed by atoms with van der Waals surface area (Å²) in [5.74, 6) is 0.0496. The van der Waals surface area contributed by atoms with Crippen LogP contribution in [0.5, 0.6) is 0 Å². The summed E-state index contributed by atoms with van der Waals surface area (Å²) >= 11 is 1.33. The number of thioether (sulfide) groups is 1. The number of halogens is 1. The summed E-state index contributed by atoms with van der Waals surface area (Å²) in [5, 5.41) is 3.25. The van der Waals surface area contributed by atoms with Crippen molar-refractivity contribution in [1.82, 2.24) is 10.2 Å². The van der Waals surface area contributed by atoms with Crippen LogP contribution < -0.4 is 11.1 Å². The number of nitrogens with two attached hydrogens (primary N) is 1. The molecule has 0 atom stereocenters. The van der Waals surface area contributed by atoms with E-state index >= 15 is 0 Å². The molecule has 0 radical (unpaired) electrons. The van der Waals surface area contributed by atoms with E-state index in [0.717, 1.165) is 32.6 Å². The molecule has 1 aliphatic rings. The molecule has 1 heterocycles. The lowest BCUT2D eigenvalue weighted by Crippen LogP contribution is -2.35. The second-order valence-electron chi connectivity index (χ2n) is 4.49. The molecular weight excluding hydrogens is 265 g/mol. The van der Waals surface area contributed by atoms with Crippen LogP contribution in [0.1, 0.15) is 6.42 Å². The van der Waals surface area contributed by atoms with Gasteiger partial charge in [-0.2, -0.15) is 0 Å². The number of nitrogen functional groups attached to an aromatic ring is 1. The third-order valence-electron chi connectivity index (χ3n) is 2.95. The molecule has 1 aliphatic heterocycles. The quantitative estimate of drug-likeness (QED) is 0.649. The molecule has 19 heavy (non-hydrogen) atoms. The molecule has 104 valence electrons. The van der Waals surface area contributed by atoms with E-state index in [4.69, 9.17) is 5.73 Å². The monoisotopic (exact) mass is 283 g/mol. The number of hydrogen-bond acceptors (Lipinski definition) is 4. The van der Waals surface area contributed by atoms with Gasteiger partial charge in [0, 0.05) is 30.2 Å². The van der Waals surface area contributed by atoms with Gasteiger partial charge in [-0.3, -0.25) is 4.79 Å². The first-order valence-electron chi connectivity index (χ1n) is 6.32. The molecule has 0 spiro atoms. The van der Waals surface area contributed by atoms with Gasteiger partial charge in [-0.15, -0.1) is 11.8 Å². The number of amides is 1. The summed E-state index contributed by atoms with van der Waals surface area (Å²) in [6.07, 6.45) is 0.976. The van der Waals surface area contributed by atoms with Crippen LogP contribution in [0, 0.1) is 5.82 Å². The molecule has 0 bridgehead atoms. The standard InChI is InChI=1S/C13H18FN3OS/c14-10-6-11(15)8-12(7-10)19-9-13(18)17-4-1-2-16-3-5-17/h6-8,16H,1-5,9,15H2. The number of nitrogens with zero attached hydrogens (tertiary/aromatic N) is 1. The minimum Gasteiger partial charge on any atom is -0.399 e. The number of carbonyl (C=O) groups excluding carboxylic acids is 1. The molecular formula is C13H18FN3OS. The van der Waals surface area contributed by atoms with Gasteiger partial charge in [0.05, 0.1) is 5.75 Å². The largest absolute Gasteiger partial charge is 0.399 e. The zero-order chi connectivity index (χ0) is 13.7. The Bertz CT molecular complexity index is 427. The highest BCUT2D eigenvalue weighted by Gasteiger charge is 2.15. The van der Waals surface area contributed by atoms with Crippen LogP contribution >= 0.6 is 11.8 Å². The summed E-state index contributed by atoms with van der Waals surface area (Å²) in [6, 6.07) is 4.36. The van der Waals surface area contributed by atoms with Crippen molar-refractivity contribution in [3.63, 3.8) is 0 Å². The van der Waals surface area contributed by atoms with Crippen LogP contribution in [0.2, 0.25) is 0 Å². The third-order valence-corrected chi connectivity index (χ3v) is 3.91. The van der Waals surface area contributed by atoms with Crippen LogP contribution in [0.15, 0.2) is 23.1 Å². The summed E-state index contributed by atoms with van der Waals surface area (Å²) in [4.78, 5) is 14.6. The number of benzene rings is 1. The highest BCUT2D eigenvalue weighted by Crippen LogP contribution is 2.22. The van der Waals surface area contributed by atoms with Crippen molar-refractivity contribution in [2.24, 2.45) is 0 Å². The van der Waals surface area contributed by atoms with Gasteiger partial charge in [0.25, 0.3) is 0 Å². The maximum Gasteiger partial charge on any atom is 0.232 e. The Morgan fingerprint density at radius 1 is 1.37 bits per heavy atom. The van der Waals surface area contributed by atoms with E-state index in [2.05, 4.69) is 5.32 Å². The normalized spacial score (nSPS) is 16.2. The Labute approximate surface area is 116 Å². The minimum atomic E-state index is -0.367. The second kappa shape index (κ2) is 6.77. The van der Waals surface area contributed by atoms with Crippen molar-refractivity contribution in [3.8, 4) is 0 Å². The molecule has 2 rings (SSSR count). The van der Waals surface area contributed by atoms with E-state index in [1.165, 1.54) is 23.9 Å². The van der Waals surface area contributed by atoms with Crippen molar-refractivity contribution >= 4 is 23.4 Å². The molecule has 3 N–H and O–H groups in total. The van der Waals surface area contributed by atoms with Gasteiger partial charge in [0.1, 0.15) is 5.82 Å². The van der Waals surface area contributed by atoms with Crippen molar-refractivity contribution in [1.29, 1.82) is 0 Å². The molecule has 0 saturated carbocycles. The molecule has 1 aromatic rings. The van der Waals surface area contributed by atoms with Gasteiger partial charge in [-0.25, -0.2) is 4.39 Å². The molecule has 0 aliphatic carbocycles. The van der Waals surface area contributed by atoms with Crippen LogP contribution in [-0.2, 0) is 4.79 Å². The van der Waals surface area contributed by atoms with E-state index < -0.39 is 0 Å². The van der Waals surface area contributed by atoms with Crippen LogP contribution in [0.4, 0.5) is 10.1 Å². The number of nitrogens with one attached hydrogen (secondary N) is 1. The molecule has 0 aromatic heterocycles. The average Bonchev–Trinajstić information content (AvgIpc) is 2.63. The first-order valence-corrected chi connectivity index (χ1v) is 7.31. The molecule has 6 heteroatoms. The maximum absolute atomic E-state index is 13.2. The summed E-state index contributed by atoms with van der Waals surface area (Å²) < 4.78 is 13.2. The first-order chi connectivity index (χ1) is 9.15. The summed E-state index contributed by atoms with van der Waals surface area (Å²) in [7, 11) is 0. The number of carbonyl (C=O) groups is 1. The highest BCUT2D eigenvalue weighted by molar-refractivity contribution is 8.00. The first kappa shape index (κ1) is 14.1. The van der Waals surface area contributed by atoms with Crippen molar-refractivity contribution in [2.75, 3.05) is 37.7 Å². The fraction of sp³-hybridized carbons (Fsp3) is 0.462. The van der Waals surface area contributed by atoms with E-state index in [1.54, 1.807) is 6.07 Å². The molecule has 1 amide bonds. The Kier molecular flexibility index (Phi) is 5.04. The number of anilines is 1. The Hall–Kier alpha value is -1.27.